The SMILES string of the molecule is CC(C)(C)OC(=O)Nc1ccc2c(c1)B(O)OC2C[N+](=O)[O-].Cl.Cl.NCC1OB(O)c2cc(N)ccc21.O=[N+]([O-])CC1OB(O)c2cc([N+](=O)[O-])ccc21.O=[N+]([O-])CC1OB(O)c2ccccc21. The fourth-order valence-corrected chi connectivity index (χ4v) is 7.11. The topological polar surface area (TPSA) is 381 Å². The zero-order valence-corrected chi connectivity index (χ0v) is 37.9. The molecule has 0 bridgehead atoms. The number of nitrogens with one attached hydrogen (secondary N) is 1. The fourth-order valence-electron chi connectivity index (χ4n) is 7.11. The third kappa shape index (κ3) is 14.8. The third-order valence-corrected chi connectivity index (χ3v) is 9.90. The molecule has 68 heavy (non-hydrogen) atoms. The Balaban J connectivity index is 0.000000242. The largest absolute Gasteiger partial charge is 0.492 e. The standard InChI is InChI=1S/C13H17BN2O6.C8H7BN2O6.C8H11BN2O2.C8H8BNO4.2ClH/c1-13(2,3)21-12(17)15-8-4-5-9-10(6-8)14(18)22-11(9)7-16(19)20;12-9-7-3-5(11(15)16)1-2-6(7)8(17-9)4-10(13)14;10-4-8-6-2-1-5(11)3-7(6)9(12)13-8;11-9-7-4-2-1-3-6(7)8(14-9)5-10(12)13;;/h4-6,11,18H,7H2,1-3H3,(H,15,17);1-3,8,12H,4H2;1-3,8,12H,4,10-11H2;1-4,8,11H,5H2;2*1H. The number of non-ortho nitro benzene ring substituents is 1. The number of anilines is 2. The van der Waals surface area contributed by atoms with E-state index in [0.717, 1.165) is 11.0 Å². The van der Waals surface area contributed by atoms with Crippen molar-refractivity contribution in [3.8, 4) is 0 Å². The fraction of sp³-hybridized carbons (Fsp3) is 0.324. The number of halogens is 2. The number of carbonyl (C=O) groups excluding carboxylic acids is 1. The Hall–Kier alpha value is -5.97. The minimum Gasteiger partial charge on any atom is -0.444 e. The molecule has 4 aromatic rings. The van der Waals surface area contributed by atoms with Crippen molar-refractivity contribution < 1.29 is 67.9 Å². The van der Waals surface area contributed by atoms with Crippen molar-refractivity contribution in [1.82, 2.24) is 0 Å². The van der Waals surface area contributed by atoms with Crippen LogP contribution in [0.1, 0.15) is 67.4 Å². The number of nitro groups is 4. The lowest BCUT2D eigenvalue weighted by molar-refractivity contribution is -0.490. The summed E-state index contributed by atoms with van der Waals surface area (Å²) in [4.78, 5) is 51.4. The Kier molecular flexibility index (Phi) is 20.2. The van der Waals surface area contributed by atoms with Crippen LogP contribution in [0.4, 0.5) is 21.9 Å². The van der Waals surface area contributed by atoms with E-state index in [1.54, 1.807) is 69.3 Å². The molecular weight excluding hydrogens is 945 g/mol. The Morgan fingerprint density at radius 2 is 1.04 bits per heavy atom. The van der Waals surface area contributed by atoms with Crippen LogP contribution >= 0.6 is 24.8 Å². The molecule has 4 aliphatic heterocycles. The summed E-state index contributed by atoms with van der Waals surface area (Å²) in [6.07, 6.45) is -3.11. The molecule has 4 aromatic carbocycles. The van der Waals surface area contributed by atoms with E-state index in [2.05, 4.69) is 5.32 Å². The first-order valence-electron chi connectivity index (χ1n) is 19.8. The lowest BCUT2D eigenvalue weighted by Gasteiger charge is -2.19. The second-order valence-corrected chi connectivity index (χ2v) is 15.7. The summed E-state index contributed by atoms with van der Waals surface area (Å²) < 4.78 is 25.5. The van der Waals surface area contributed by atoms with Crippen LogP contribution in [0.25, 0.3) is 0 Å². The van der Waals surface area contributed by atoms with Gasteiger partial charge in [0.2, 0.25) is 19.6 Å². The Labute approximate surface area is 400 Å². The molecule has 0 fully saturated rings. The van der Waals surface area contributed by atoms with Crippen LogP contribution < -0.4 is 38.6 Å². The van der Waals surface area contributed by atoms with Gasteiger partial charge in [-0.1, -0.05) is 36.4 Å². The minimum atomic E-state index is -1.35. The van der Waals surface area contributed by atoms with E-state index in [1.807, 2.05) is 6.07 Å². The first-order valence-corrected chi connectivity index (χ1v) is 19.8. The lowest BCUT2D eigenvalue weighted by Crippen LogP contribution is -2.30. The van der Waals surface area contributed by atoms with E-state index in [9.17, 15) is 65.3 Å². The van der Waals surface area contributed by atoms with Crippen molar-refractivity contribution in [1.29, 1.82) is 0 Å². The van der Waals surface area contributed by atoms with Gasteiger partial charge in [-0.3, -0.25) is 45.8 Å². The quantitative estimate of drug-likeness (QED) is 0.0511. The zero-order chi connectivity index (χ0) is 48.6. The molecule has 31 heteroatoms. The molecular formula is C37H45B4Cl2N7O18. The summed E-state index contributed by atoms with van der Waals surface area (Å²) in [5.41, 5.74) is 15.9. The van der Waals surface area contributed by atoms with Crippen LogP contribution in [0.5, 0.6) is 0 Å². The summed E-state index contributed by atoms with van der Waals surface area (Å²) in [5, 5.41) is 82.6. The van der Waals surface area contributed by atoms with E-state index >= 15 is 0 Å². The van der Waals surface area contributed by atoms with E-state index in [0.29, 0.717) is 45.5 Å². The normalized spacial score (nSPS) is 17.9. The van der Waals surface area contributed by atoms with Crippen LogP contribution in [-0.2, 0) is 23.4 Å². The van der Waals surface area contributed by atoms with Gasteiger partial charge in [-0.05, 0) is 95.2 Å². The van der Waals surface area contributed by atoms with E-state index in [-0.39, 0.29) is 48.6 Å². The number of hydrogen-bond donors (Lipinski definition) is 7. The van der Waals surface area contributed by atoms with Gasteiger partial charge in [-0.15, -0.1) is 24.8 Å². The molecule has 0 saturated heterocycles. The predicted octanol–water partition coefficient (Wildman–Crippen LogP) is 0.251. The van der Waals surface area contributed by atoms with Gasteiger partial charge >= 0.3 is 34.6 Å². The van der Waals surface area contributed by atoms with Crippen LogP contribution in [-0.4, -0.2) is 106 Å². The van der Waals surface area contributed by atoms with Gasteiger partial charge < -0.3 is 54.9 Å². The van der Waals surface area contributed by atoms with E-state index in [4.69, 9.17) is 34.8 Å². The predicted molar refractivity (Wildman–Crippen MR) is 252 cm³/mol. The van der Waals surface area contributed by atoms with Gasteiger partial charge in [0.15, 0.2) is 0 Å². The van der Waals surface area contributed by atoms with Gasteiger partial charge in [0, 0.05) is 44.8 Å². The Morgan fingerprint density at radius 1 is 0.632 bits per heavy atom. The summed E-state index contributed by atoms with van der Waals surface area (Å²) in [6.45, 7) is 4.38. The molecule has 4 atom stereocenters. The monoisotopic (exact) mass is 989 g/mol. The summed E-state index contributed by atoms with van der Waals surface area (Å²) in [7, 11) is -4.52. The highest BCUT2D eigenvalue weighted by Gasteiger charge is 2.40. The number of ether oxygens (including phenoxy) is 1. The number of hydrogen-bond acceptors (Lipinski definition) is 20. The molecule has 362 valence electrons. The number of amides is 1. The van der Waals surface area contributed by atoms with Crippen molar-refractivity contribution in [2.24, 2.45) is 5.73 Å². The number of benzene rings is 4. The first-order chi connectivity index (χ1) is 31.0. The number of nitro benzene ring substituents is 1. The molecule has 0 saturated carbocycles. The number of nitrogen functional groups attached to an aromatic ring is 1. The molecule has 0 spiro atoms. The maximum atomic E-state index is 11.7. The molecule has 25 nitrogen and oxygen atoms in total. The second-order valence-electron chi connectivity index (χ2n) is 15.7. The molecule has 0 aliphatic carbocycles. The summed E-state index contributed by atoms with van der Waals surface area (Å²) in [6, 6.07) is 20.8. The van der Waals surface area contributed by atoms with Crippen LogP contribution in [0.15, 0.2) is 78.9 Å². The smallest absolute Gasteiger partial charge is 0.444 e. The van der Waals surface area contributed by atoms with Gasteiger partial charge in [-0.25, -0.2) is 4.79 Å². The molecule has 4 unspecified atom stereocenters. The zero-order valence-electron chi connectivity index (χ0n) is 36.2. The van der Waals surface area contributed by atoms with Crippen LogP contribution in [0, 0.1) is 40.5 Å². The molecule has 8 rings (SSSR count). The lowest BCUT2D eigenvalue weighted by atomic mass is 9.79. The van der Waals surface area contributed by atoms with Crippen molar-refractivity contribution in [3.63, 3.8) is 0 Å². The van der Waals surface area contributed by atoms with E-state index < -0.39 is 91.3 Å². The number of nitrogens with zero attached hydrogens (tertiary/aromatic N) is 4. The number of fused-ring (bicyclic) bond motifs is 4. The Bertz CT molecular complexity index is 2470. The molecule has 4 aliphatic rings. The molecule has 4 heterocycles. The molecule has 0 aromatic heterocycles. The highest BCUT2D eigenvalue weighted by Crippen LogP contribution is 2.28. The number of nitrogens with two attached hydrogens (primary N) is 2. The average Bonchev–Trinajstić information content (AvgIpc) is 3.93. The summed E-state index contributed by atoms with van der Waals surface area (Å²) in [5.74, 6) is 0. The molecule has 9 N–H and O–H groups in total. The second kappa shape index (κ2) is 24.4. The maximum absolute atomic E-state index is 11.7. The Morgan fingerprint density at radius 3 is 1.53 bits per heavy atom. The highest BCUT2D eigenvalue weighted by molar-refractivity contribution is 6.63. The van der Waals surface area contributed by atoms with Crippen LogP contribution in [0.3, 0.4) is 0 Å². The van der Waals surface area contributed by atoms with Crippen LogP contribution in [0.2, 0.25) is 0 Å². The maximum Gasteiger partial charge on any atom is 0.492 e. The van der Waals surface area contributed by atoms with E-state index in [1.165, 1.54) is 24.3 Å². The van der Waals surface area contributed by atoms with Crippen molar-refractivity contribution in [2.75, 3.05) is 37.2 Å². The van der Waals surface area contributed by atoms with Crippen molar-refractivity contribution in [3.05, 3.63) is 142 Å². The van der Waals surface area contributed by atoms with Crippen molar-refractivity contribution in [2.45, 2.75) is 50.8 Å². The third-order valence-electron chi connectivity index (χ3n) is 9.90. The molecule has 0 radical (unpaired) electrons. The van der Waals surface area contributed by atoms with Gasteiger partial charge in [-0.2, -0.15) is 0 Å². The van der Waals surface area contributed by atoms with Gasteiger partial charge in [0.1, 0.15) is 23.9 Å². The number of carbonyl (C=O) groups is 1. The first kappa shape index (κ1) is 56.4. The molecule has 1 amide bonds. The van der Waals surface area contributed by atoms with Gasteiger partial charge in [0.25, 0.3) is 5.69 Å². The minimum absolute atomic E-state index is 0. The average molecular weight is 990 g/mol. The number of rotatable bonds is 9. The van der Waals surface area contributed by atoms with Gasteiger partial charge in [0.05, 0.1) is 11.0 Å². The highest BCUT2D eigenvalue weighted by atomic mass is 35.5. The van der Waals surface area contributed by atoms with Crippen molar-refractivity contribution >= 4 is 98.3 Å². The summed E-state index contributed by atoms with van der Waals surface area (Å²) >= 11 is 0.